The van der Waals surface area contributed by atoms with Gasteiger partial charge in [0, 0.05) is 20.4 Å². The number of benzene rings is 1. The van der Waals surface area contributed by atoms with Crippen molar-refractivity contribution in [2.75, 3.05) is 5.75 Å². The van der Waals surface area contributed by atoms with E-state index in [9.17, 15) is 4.79 Å². The lowest BCUT2D eigenvalue weighted by Crippen LogP contribution is -2.24. The third kappa shape index (κ3) is 4.61. The Morgan fingerprint density at radius 2 is 2.25 bits per heavy atom. The molecule has 6 heteroatoms. The van der Waals surface area contributed by atoms with Crippen molar-refractivity contribution < 1.29 is 4.79 Å². The molecule has 0 fully saturated rings. The van der Waals surface area contributed by atoms with Gasteiger partial charge in [-0.25, -0.2) is 4.98 Å². The van der Waals surface area contributed by atoms with Crippen LogP contribution in [0, 0.1) is 13.8 Å². The first-order valence-corrected chi connectivity index (χ1v) is 8.77. The molecule has 2 aromatic rings. The average Bonchev–Trinajstić information content (AvgIpc) is 2.81. The summed E-state index contributed by atoms with van der Waals surface area (Å²) in [5, 5.41) is 5.82. The van der Waals surface area contributed by atoms with Gasteiger partial charge in [0.15, 0.2) is 0 Å². The van der Waals surface area contributed by atoms with E-state index in [2.05, 4.69) is 32.3 Å². The second-order valence-corrected chi connectivity index (χ2v) is 7.23. The molecule has 1 N–H and O–H groups in total. The average molecular weight is 371 g/mol. The first kappa shape index (κ1) is 15.5. The maximum Gasteiger partial charge on any atom is 0.230 e. The van der Waals surface area contributed by atoms with Gasteiger partial charge in [0.1, 0.15) is 5.01 Å². The number of aryl methyl sites for hydroxylation is 2. The summed E-state index contributed by atoms with van der Waals surface area (Å²) in [6.07, 6.45) is 0. The molecule has 2 rings (SSSR count). The molecule has 0 aliphatic rings. The molecule has 0 saturated heterocycles. The van der Waals surface area contributed by atoms with Gasteiger partial charge in [-0.3, -0.25) is 4.79 Å². The van der Waals surface area contributed by atoms with Gasteiger partial charge in [0.05, 0.1) is 12.3 Å². The molecule has 0 radical (unpaired) electrons. The van der Waals surface area contributed by atoms with Gasteiger partial charge in [0.2, 0.25) is 5.91 Å². The topological polar surface area (TPSA) is 42.0 Å². The largest absolute Gasteiger partial charge is 0.349 e. The maximum absolute atomic E-state index is 11.8. The number of thiazole rings is 1. The zero-order valence-corrected chi connectivity index (χ0v) is 14.5. The van der Waals surface area contributed by atoms with E-state index in [0.29, 0.717) is 12.3 Å². The van der Waals surface area contributed by atoms with Crippen molar-refractivity contribution in [3.8, 4) is 0 Å². The van der Waals surface area contributed by atoms with E-state index in [1.807, 2.05) is 31.4 Å². The molecule has 0 bridgehead atoms. The second kappa shape index (κ2) is 7.24. The Balaban J connectivity index is 1.80. The van der Waals surface area contributed by atoms with Gasteiger partial charge in [-0.1, -0.05) is 15.9 Å². The van der Waals surface area contributed by atoms with E-state index in [1.54, 1.807) is 23.1 Å². The molecule has 106 valence electrons. The number of amides is 1. The summed E-state index contributed by atoms with van der Waals surface area (Å²) in [5.41, 5.74) is 2.17. The van der Waals surface area contributed by atoms with Crippen molar-refractivity contribution in [3.05, 3.63) is 44.3 Å². The highest BCUT2D eigenvalue weighted by Crippen LogP contribution is 2.25. The summed E-state index contributed by atoms with van der Waals surface area (Å²) < 4.78 is 1.06. The molecule has 0 aliphatic carbocycles. The standard InChI is InChI=1S/C14H15BrN2OS2/c1-9-5-11(15)3-4-12(9)19-8-13(18)16-6-14-17-10(2)7-20-14/h3-5,7H,6,8H2,1-2H3,(H,16,18). The van der Waals surface area contributed by atoms with Crippen molar-refractivity contribution in [1.82, 2.24) is 10.3 Å². The lowest BCUT2D eigenvalue weighted by Gasteiger charge is -2.06. The predicted molar refractivity (Wildman–Crippen MR) is 88.3 cm³/mol. The SMILES string of the molecule is Cc1csc(CNC(=O)CSc2ccc(Br)cc2C)n1. The molecule has 1 aromatic heterocycles. The molecule has 1 heterocycles. The van der Waals surface area contributed by atoms with E-state index in [-0.39, 0.29) is 5.91 Å². The number of carbonyl (C=O) groups excluding carboxylic acids is 1. The summed E-state index contributed by atoms with van der Waals surface area (Å²) in [6.45, 7) is 4.51. The van der Waals surface area contributed by atoms with Crippen molar-refractivity contribution >= 4 is 44.9 Å². The number of nitrogens with zero attached hydrogens (tertiary/aromatic N) is 1. The predicted octanol–water partition coefficient (Wildman–Crippen LogP) is 3.93. The smallest absolute Gasteiger partial charge is 0.230 e. The summed E-state index contributed by atoms with van der Waals surface area (Å²) in [5.74, 6) is 0.456. The third-order valence-corrected chi connectivity index (χ3v) is 5.23. The third-order valence-electron chi connectivity index (χ3n) is 2.60. The van der Waals surface area contributed by atoms with Crippen molar-refractivity contribution in [2.24, 2.45) is 0 Å². The fraction of sp³-hybridized carbons (Fsp3) is 0.286. The van der Waals surface area contributed by atoms with Crippen LogP contribution in [-0.4, -0.2) is 16.6 Å². The molecule has 0 atom stereocenters. The minimum atomic E-state index is 0.0326. The highest BCUT2D eigenvalue weighted by atomic mass is 79.9. The first-order chi connectivity index (χ1) is 9.54. The Hall–Kier alpha value is -0.850. The summed E-state index contributed by atoms with van der Waals surface area (Å²) in [4.78, 5) is 17.3. The lowest BCUT2D eigenvalue weighted by atomic mass is 10.2. The molecule has 0 unspecified atom stereocenters. The van der Waals surface area contributed by atoms with Gasteiger partial charge in [0.25, 0.3) is 0 Å². The number of thioether (sulfide) groups is 1. The highest BCUT2D eigenvalue weighted by molar-refractivity contribution is 9.10. The van der Waals surface area contributed by atoms with Crippen LogP contribution in [0.15, 0.2) is 32.9 Å². The molecular formula is C14H15BrN2OS2. The summed E-state index contributed by atoms with van der Waals surface area (Å²) in [6, 6.07) is 6.08. The van der Waals surface area contributed by atoms with Crippen LogP contribution in [0.3, 0.4) is 0 Å². The number of hydrogen-bond acceptors (Lipinski definition) is 4. The van der Waals surface area contributed by atoms with Crippen LogP contribution in [0.4, 0.5) is 0 Å². The van der Waals surface area contributed by atoms with E-state index in [4.69, 9.17) is 0 Å². The first-order valence-electron chi connectivity index (χ1n) is 6.11. The van der Waals surface area contributed by atoms with E-state index in [0.717, 1.165) is 20.1 Å². The quantitative estimate of drug-likeness (QED) is 0.810. The van der Waals surface area contributed by atoms with E-state index < -0.39 is 0 Å². The van der Waals surface area contributed by atoms with Gasteiger partial charge in [-0.15, -0.1) is 23.1 Å². The number of halogens is 1. The molecule has 1 aromatic carbocycles. The van der Waals surface area contributed by atoms with Crippen LogP contribution in [-0.2, 0) is 11.3 Å². The Morgan fingerprint density at radius 1 is 1.45 bits per heavy atom. The Labute approximate surface area is 135 Å². The number of aromatic nitrogens is 1. The molecule has 0 aliphatic heterocycles. The van der Waals surface area contributed by atoms with Gasteiger partial charge < -0.3 is 5.32 Å². The van der Waals surface area contributed by atoms with Crippen LogP contribution >= 0.6 is 39.0 Å². The molecule has 0 spiro atoms. The fourth-order valence-electron chi connectivity index (χ4n) is 1.63. The fourth-order valence-corrected chi connectivity index (χ4v) is 3.65. The van der Waals surface area contributed by atoms with Gasteiger partial charge in [-0.2, -0.15) is 0 Å². The van der Waals surface area contributed by atoms with Gasteiger partial charge in [-0.05, 0) is 37.6 Å². The van der Waals surface area contributed by atoms with Crippen LogP contribution < -0.4 is 5.32 Å². The number of nitrogens with one attached hydrogen (secondary N) is 1. The zero-order chi connectivity index (χ0) is 14.5. The van der Waals surface area contributed by atoms with Crippen molar-refractivity contribution in [2.45, 2.75) is 25.3 Å². The van der Waals surface area contributed by atoms with Crippen molar-refractivity contribution in [1.29, 1.82) is 0 Å². The number of hydrogen-bond donors (Lipinski definition) is 1. The van der Waals surface area contributed by atoms with Crippen LogP contribution in [0.5, 0.6) is 0 Å². The van der Waals surface area contributed by atoms with Gasteiger partial charge >= 0.3 is 0 Å². The molecule has 1 amide bonds. The normalized spacial score (nSPS) is 10.6. The van der Waals surface area contributed by atoms with Crippen LogP contribution in [0.2, 0.25) is 0 Å². The summed E-state index contributed by atoms with van der Waals surface area (Å²) >= 11 is 6.56. The molecule has 20 heavy (non-hydrogen) atoms. The van der Waals surface area contributed by atoms with Crippen molar-refractivity contribution in [3.63, 3.8) is 0 Å². The monoisotopic (exact) mass is 370 g/mol. The molecule has 0 saturated carbocycles. The lowest BCUT2D eigenvalue weighted by molar-refractivity contribution is -0.118. The van der Waals surface area contributed by atoms with Crippen LogP contribution in [0.25, 0.3) is 0 Å². The second-order valence-electron chi connectivity index (χ2n) is 4.36. The Bertz CT molecular complexity index is 613. The Morgan fingerprint density at radius 3 is 2.90 bits per heavy atom. The number of carbonyl (C=O) groups is 1. The zero-order valence-electron chi connectivity index (χ0n) is 11.3. The molecular weight excluding hydrogens is 356 g/mol. The highest BCUT2D eigenvalue weighted by Gasteiger charge is 2.06. The minimum absolute atomic E-state index is 0.0326. The minimum Gasteiger partial charge on any atom is -0.349 e. The summed E-state index contributed by atoms with van der Waals surface area (Å²) in [7, 11) is 0. The maximum atomic E-state index is 11.8. The van der Waals surface area contributed by atoms with E-state index in [1.165, 1.54) is 5.56 Å². The molecule has 3 nitrogen and oxygen atoms in total. The Kier molecular flexibility index (Phi) is 5.63. The van der Waals surface area contributed by atoms with E-state index >= 15 is 0 Å². The number of rotatable bonds is 5. The van der Waals surface area contributed by atoms with Crippen LogP contribution in [0.1, 0.15) is 16.3 Å².